The number of fused-ring (bicyclic) bond motifs is 7. The molecular weight excluding hydrogens is 695 g/mol. The van der Waals surface area contributed by atoms with Gasteiger partial charge in [-0.15, -0.1) is 11.3 Å². The Morgan fingerprint density at radius 2 is 0.893 bits per heavy atom. The molecule has 0 aliphatic rings. The van der Waals surface area contributed by atoms with Gasteiger partial charge in [-0.3, -0.25) is 0 Å². The van der Waals surface area contributed by atoms with Crippen molar-refractivity contribution in [3.05, 3.63) is 212 Å². The zero-order valence-corrected chi connectivity index (χ0v) is 31.4. The average molecular weight is 730 g/mol. The third-order valence-corrected chi connectivity index (χ3v) is 12.4. The predicted molar refractivity (Wildman–Crippen MR) is 243 cm³/mol. The Bertz CT molecular complexity index is 3270. The van der Waals surface area contributed by atoms with E-state index in [4.69, 9.17) is 0 Å². The molecule has 2 heteroatoms. The van der Waals surface area contributed by atoms with Crippen molar-refractivity contribution in [2.75, 3.05) is 4.90 Å². The van der Waals surface area contributed by atoms with Gasteiger partial charge >= 0.3 is 0 Å². The summed E-state index contributed by atoms with van der Waals surface area (Å²) in [6.07, 6.45) is 0. The molecule has 0 fully saturated rings. The van der Waals surface area contributed by atoms with Crippen LogP contribution < -0.4 is 4.90 Å². The molecule has 0 spiro atoms. The zero-order chi connectivity index (χ0) is 37.0. The Kier molecular flexibility index (Phi) is 7.75. The maximum Gasteiger partial charge on any atom is 0.0624 e. The van der Waals surface area contributed by atoms with Gasteiger partial charge in [-0.25, -0.2) is 0 Å². The Labute approximate surface area is 330 Å². The fraction of sp³-hybridized carbons (Fsp3) is 0. The molecule has 0 aliphatic heterocycles. The first-order valence-electron chi connectivity index (χ1n) is 19.2. The van der Waals surface area contributed by atoms with Crippen molar-refractivity contribution in [2.45, 2.75) is 0 Å². The van der Waals surface area contributed by atoms with E-state index in [9.17, 15) is 0 Å². The highest BCUT2D eigenvalue weighted by Crippen LogP contribution is 2.51. The number of hydrogen-bond donors (Lipinski definition) is 0. The maximum absolute atomic E-state index is 2.51. The Morgan fingerprint density at radius 1 is 0.321 bits per heavy atom. The second-order valence-corrected chi connectivity index (χ2v) is 15.5. The van der Waals surface area contributed by atoms with E-state index in [0.29, 0.717) is 0 Å². The lowest BCUT2D eigenvalue weighted by atomic mass is 9.89. The molecule has 10 aromatic carbocycles. The van der Waals surface area contributed by atoms with Crippen LogP contribution in [0.15, 0.2) is 212 Å². The largest absolute Gasteiger partial charge is 0.309 e. The van der Waals surface area contributed by atoms with Gasteiger partial charge in [0.05, 0.1) is 5.69 Å². The van der Waals surface area contributed by atoms with Gasteiger partial charge in [0.1, 0.15) is 0 Å². The summed E-state index contributed by atoms with van der Waals surface area (Å²) in [4.78, 5) is 2.51. The maximum atomic E-state index is 2.51. The van der Waals surface area contributed by atoms with E-state index in [0.717, 1.165) is 17.1 Å². The molecule has 56 heavy (non-hydrogen) atoms. The van der Waals surface area contributed by atoms with Gasteiger partial charge in [0.15, 0.2) is 0 Å². The van der Waals surface area contributed by atoms with Gasteiger partial charge in [-0.2, -0.15) is 0 Å². The Morgan fingerprint density at radius 3 is 1.70 bits per heavy atom. The smallest absolute Gasteiger partial charge is 0.0624 e. The van der Waals surface area contributed by atoms with Crippen LogP contribution in [-0.2, 0) is 0 Å². The number of rotatable bonds is 6. The lowest BCUT2D eigenvalue weighted by molar-refractivity contribution is 1.30. The highest BCUT2D eigenvalue weighted by molar-refractivity contribution is 7.26. The summed E-state index contributed by atoms with van der Waals surface area (Å²) in [5, 5.41) is 10.00. The summed E-state index contributed by atoms with van der Waals surface area (Å²) in [6.45, 7) is 0. The van der Waals surface area contributed by atoms with Crippen molar-refractivity contribution >= 4 is 80.9 Å². The summed E-state index contributed by atoms with van der Waals surface area (Å²) in [5.41, 5.74) is 10.6. The van der Waals surface area contributed by atoms with Gasteiger partial charge in [-0.05, 0) is 91.1 Å². The number of benzene rings is 10. The summed E-state index contributed by atoms with van der Waals surface area (Å²) < 4.78 is 2.63. The third kappa shape index (κ3) is 5.38. The van der Waals surface area contributed by atoms with Crippen LogP contribution >= 0.6 is 11.3 Å². The summed E-state index contributed by atoms with van der Waals surface area (Å²) in [6, 6.07) is 77.9. The zero-order valence-electron chi connectivity index (χ0n) is 30.6. The van der Waals surface area contributed by atoms with Gasteiger partial charge in [0, 0.05) is 42.5 Å². The first-order chi connectivity index (χ1) is 27.8. The van der Waals surface area contributed by atoms with Crippen LogP contribution in [0.2, 0.25) is 0 Å². The topological polar surface area (TPSA) is 3.24 Å². The molecule has 1 heterocycles. The summed E-state index contributed by atoms with van der Waals surface area (Å²) in [5.74, 6) is 0. The van der Waals surface area contributed by atoms with Gasteiger partial charge in [-0.1, -0.05) is 176 Å². The van der Waals surface area contributed by atoms with Crippen molar-refractivity contribution in [1.29, 1.82) is 0 Å². The average Bonchev–Trinajstić information content (AvgIpc) is 3.66. The normalized spacial score (nSPS) is 11.6. The number of thiophene rings is 1. The van der Waals surface area contributed by atoms with Crippen LogP contribution in [0.3, 0.4) is 0 Å². The molecule has 0 aliphatic carbocycles. The van der Waals surface area contributed by atoms with Crippen LogP contribution in [-0.4, -0.2) is 0 Å². The van der Waals surface area contributed by atoms with E-state index in [1.165, 1.54) is 85.9 Å². The minimum atomic E-state index is 1.10. The fourth-order valence-corrected chi connectivity index (χ4v) is 9.88. The van der Waals surface area contributed by atoms with Crippen molar-refractivity contribution in [3.63, 3.8) is 0 Å². The highest BCUT2D eigenvalue weighted by atomic mass is 32.1. The second kappa shape index (κ2) is 13.4. The number of anilines is 3. The number of nitrogens with zero attached hydrogens (tertiary/aromatic N) is 1. The van der Waals surface area contributed by atoms with Crippen molar-refractivity contribution in [2.24, 2.45) is 0 Å². The summed E-state index contributed by atoms with van der Waals surface area (Å²) in [7, 11) is 0. The summed E-state index contributed by atoms with van der Waals surface area (Å²) >= 11 is 1.88. The van der Waals surface area contributed by atoms with E-state index < -0.39 is 0 Å². The molecular formula is C54H35NS. The molecule has 0 radical (unpaired) electrons. The second-order valence-electron chi connectivity index (χ2n) is 14.5. The molecule has 0 bridgehead atoms. The molecule has 0 unspecified atom stereocenters. The standard InChI is InChI=1S/C54H35NS/c1-2-15-36(16-3-1)39-19-12-21-42(34-39)55(43-22-13-20-40(35-43)44-28-14-29-50-47-25-10-11-30-51(47)56-54(44)50)53-49-27-9-7-24-46(49)45-23-6-8-26-48(45)52(53)41-32-31-37-17-4-5-18-38(37)33-41/h1-35H. The van der Waals surface area contributed by atoms with Crippen LogP contribution in [0.5, 0.6) is 0 Å². The van der Waals surface area contributed by atoms with Crippen LogP contribution in [0.25, 0.3) is 85.9 Å². The molecule has 11 rings (SSSR count). The molecule has 0 saturated heterocycles. The Balaban J connectivity index is 1.24. The molecule has 262 valence electrons. The minimum Gasteiger partial charge on any atom is -0.309 e. The predicted octanol–water partition coefficient (Wildman–Crippen LogP) is 16.0. The van der Waals surface area contributed by atoms with Crippen molar-refractivity contribution in [1.82, 2.24) is 0 Å². The van der Waals surface area contributed by atoms with E-state index in [-0.39, 0.29) is 0 Å². The third-order valence-electron chi connectivity index (χ3n) is 11.2. The van der Waals surface area contributed by atoms with E-state index in [2.05, 4.69) is 217 Å². The van der Waals surface area contributed by atoms with Crippen molar-refractivity contribution < 1.29 is 0 Å². The van der Waals surface area contributed by atoms with Gasteiger partial charge in [0.25, 0.3) is 0 Å². The highest BCUT2D eigenvalue weighted by Gasteiger charge is 2.24. The van der Waals surface area contributed by atoms with E-state index in [1.54, 1.807) is 0 Å². The van der Waals surface area contributed by atoms with E-state index >= 15 is 0 Å². The van der Waals surface area contributed by atoms with Crippen LogP contribution in [0, 0.1) is 0 Å². The first kappa shape index (κ1) is 32.4. The lowest BCUT2D eigenvalue weighted by Crippen LogP contribution is -2.12. The SMILES string of the molecule is c1ccc(-c2cccc(N(c3cccc(-c4cccc5c4sc4ccccc45)c3)c3c(-c4ccc5ccccc5c4)c4ccccc4c4ccccc34)c2)cc1. The molecule has 0 atom stereocenters. The van der Waals surface area contributed by atoms with Gasteiger partial charge in [0.2, 0.25) is 0 Å². The first-order valence-corrected chi connectivity index (χ1v) is 20.0. The Hall–Kier alpha value is -7.00. The lowest BCUT2D eigenvalue weighted by Gasteiger charge is -2.31. The molecule has 0 amide bonds. The molecule has 1 nitrogen and oxygen atoms in total. The molecule has 1 aromatic heterocycles. The molecule has 0 N–H and O–H groups in total. The monoisotopic (exact) mass is 729 g/mol. The quantitative estimate of drug-likeness (QED) is 0.154. The molecule has 0 saturated carbocycles. The number of hydrogen-bond acceptors (Lipinski definition) is 2. The molecule has 11 aromatic rings. The minimum absolute atomic E-state index is 1.10. The van der Waals surface area contributed by atoms with Crippen LogP contribution in [0.4, 0.5) is 17.1 Å². The fourth-order valence-electron chi connectivity index (χ4n) is 8.64. The van der Waals surface area contributed by atoms with Crippen LogP contribution in [0.1, 0.15) is 0 Å². The van der Waals surface area contributed by atoms with Crippen molar-refractivity contribution in [3.8, 4) is 33.4 Å². The van der Waals surface area contributed by atoms with E-state index in [1.807, 2.05) is 11.3 Å². The van der Waals surface area contributed by atoms with Gasteiger partial charge < -0.3 is 4.90 Å².